The number of ether oxygens (including phenoxy) is 1. The Bertz CT molecular complexity index is 1240. The number of aromatic nitrogens is 1. The van der Waals surface area contributed by atoms with E-state index in [9.17, 15) is 4.79 Å². The second-order valence-electron chi connectivity index (χ2n) is 9.09. The highest BCUT2D eigenvalue weighted by molar-refractivity contribution is 5.94. The summed E-state index contributed by atoms with van der Waals surface area (Å²) in [6.45, 7) is 10.4. The summed E-state index contributed by atoms with van der Waals surface area (Å²) in [7, 11) is 0. The van der Waals surface area contributed by atoms with Crippen molar-refractivity contribution in [1.29, 1.82) is 0 Å². The molecule has 0 bridgehead atoms. The van der Waals surface area contributed by atoms with Gasteiger partial charge < -0.3 is 14.5 Å². The van der Waals surface area contributed by atoms with E-state index in [4.69, 9.17) is 9.15 Å². The Morgan fingerprint density at radius 1 is 1.00 bits per heavy atom. The van der Waals surface area contributed by atoms with Crippen molar-refractivity contribution < 1.29 is 13.9 Å². The van der Waals surface area contributed by atoms with Crippen LogP contribution in [0.1, 0.15) is 37.5 Å². The first-order valence-corrected chi connectivity index (χ1v) is 10.7. The molecule has 5 nitrogen and oxygen atoms in total. The minimum atomic E-state index is -0.232. The van der Waals surface area contributed by atoms with Crippen LogP contribution in [0.4, 0.5) is 5.69 Å². The minimum absolute atomic E-state index is 0.0640. The quantitative estimate of drug-likeness (QED) is 0.398. The Morgan fingerprint density at radius 3 is 2.34 bits per heavy atom. The predicted molar refractivity (Wildman–Crippen MR) is 128 cm³/mol. The predicted octanol–water partition coefficient (Wildman–Crippen LogP) is 6.43. The van der Waals surface area contributed by atoms with Crippen LogP contribution >= 0.6 is 0 Å². The van der Waals surface area contributed by atoms with Crippen LogP contribution < -0.4 is 10.1 Å². The molecule has 3 aromatic carbocycles. The van der Waals surface area contributed by atoms with E-state index in [0.29, 0.717) is 17.2 Å². The molecule has 0 spiro atoms. The first-order chi connectivity index (χ1) is 15.2. The molecule has 0 fully saturated rings. The van der Waals surface area contributed by atoms with Gasteiger partial charge in [-0.25, -0.2) is 4.98 Å². The third kappa shape index (κ3) is 4.67. The van der Waals surface area contributed by atoms with Crippen LogP contribution in [0.3, 0.4) is 0 Å². The maximum Gasteiger partial charge on any atom is 0.262 e. The van der Waals surface area contributed by atoms with E-state index in [1.807, 2.05) is 56.3 Å². The molecule has 0 aliphatic carbocycles. The van der Waals surface area contributed by atoms with Gasteiger partial charge in [0.15, 0.2) is 12.2 Å². The van der Waals surface area contributed by atoms with Gasteiger partial charge in [0, 0.05) is 17.3 Å². The molecule has 4 aromatic rings. The number of nitrogens with zero attached hydrogens (tertiary/aromatic N) is 1. The molecule has 0 aliphatic heterocycles. The van der Waals surface area contributed by atoms with Crippen LogP contribution in [0.25, 0.3) is 22.6 Å². The van der Waals surface area contributed by atoms with E-state index >= 15 is 0 Å². The molecule has 4 rings (SSSR count). The topological polar surface area (TPSA) is 64.4 Å². The molecule has 164 valence electrons. The second kappa shape index (κ2) is 8.50. The fourth-order valence-electron chi connectivity index (χ4n) is 3.60. The smallest absolute Gasteiger partial charge is 0.262 e. The van der Waals surface area contributed by atoms with Gasteiger partial charge in [-0.2, -0.15) is 0 Å². The van der Waals surface area contributed by atoms with Gasteiger partial charge in [0.1, 0.15) is 11.3 Å². The molecule has 0 aliphatic rings. The van der Waals surface area contributed by atoms with Gasteiger partial charge in [-0.1, -0.05) is 51.1 Å². The van der Waals surface area contributed by atoms with Crippen LogP contribution in [0.2, 0.25) is 0 Å². The fourth-order valence-corrected chi connectivity index (χ4v) is 3.60. The lowest BCUT2D eigenvalue weighted by molar-refractivity contribution is -0.118. The third-order valence-electron chi connectivity index (χ3n) is 5.43. The molecule has 0 unspecified atom stereocenters. The van der Waals surface area contributed by atoms with Crippen LogP contribution in [-0.2, 0) is 10.2 Å². The van der Waals surface area contributed by atoms with Crippen LogP contribution in [0, 0.1) is 13.8 Å². The van der Waals surface area contributed by atoms with Gasteiger partial charge in [0.05, 0.1) is 0 Å². The molecule has 1 heterocycles. The van der Waals surface area contributed by atoms with Crippen molar-refractivity contribution in [3.8, 4) is 17.2 Å². The van der Waals surface area contributed by atoms with Crippen molar-refractivity contribution in [2.45, 2.75) is 40.0 Å². The molecule has 0 atom stereocenters. The molecule has 1 aromatic heterocycles. The number of carbonyl (C=O) groups excluding carboxylic acids is 1. The van der Waals surface area contributed by atoms with Gasteiger partial charge in [-0.15, -0.1) is 0 Å². The average molecular weight is 429 g/mol. The lowest BCUT2D eigenvalue weighted by atomic mass is 9.87. The number of benzene rings is 3. The fraction of sp³-hybridized carbons (Fsp3) is 0.259. The number of oxazole rings is 1. The van der Waals surface area contributed by atoms with Gasteiger partial charge in [-0.3, -0.25) is 4.79 Å². The average Bonchev–Trinajstić information content (AvgIpc) is 3.16. The number of rotatable bonds is 5. The molecule has 0 saturated heterocycles. The van der Waals surface area contributed by atoms with Crippen molar-refractivity contribution in [2.75, 3.05) is 11.9 Å². The summed E-state index contributed by atoms with van der Waals surface area (Å²) >= 11 is 0. The van der Waals surface area contributed by atoms with Crippen LogP contribution in [0.5, 0.6) is 5.75 Å². The number of para-hydroxylation sites is 1. The normalized spacial score (nSPS) is 11.5. The first-order valence-electron chi connectivity index (χ1n) is 10.7. The largest absolute Gasteiger partial charge is 0.483 e. The van der Waals surface area contributed by atoms with Crippen LogP contribution in [-0.4, -0.2) is 17.5 Å². The summed E-state index contributed by atoms with van der Waals surface area (Å²) in [6.07, 6.45) is 0. The zero-order valence-electron chi connectivity index (χ0n) is 19.2. The Labute approximate surface area is 188 Å². The van der Waals surface area contributed by atoms with Gasteiger partial charge in [0.2, 0.25) is 5.89 Å². The number of hydrogen-bond acceptors (Lipinski definition) is 4. The van der Waals surface area contributed by atoms with Crippen molar-refractivity contribution in [1.82, 2.24) is 4.98 Å². The van der Waals surface area contributed by atoms with E-state index in [0.717, 1.165) is 28.0 Å². The molecular formula is C27H28N2O3. The Balaban J connectivity index is 1.46. The molecule has 0 saturated carbocycles. The first kappa shape index (κ1) is 21.6. The van der Waals surface area contributed by atoms with Crippen molar-refractivity contribution >= 4 is 22.7 Å². The number of aryl methyl sites for hydroxylation is 2. The highest BCUT2D eigenvalue weighted by Gasteiger charge is 2.15. The van der Waals surface area contributed by atoms with Crippen molar-refractivity contribution in [3.05, 3.63) is 77.4 Å². The Morgan fingerprint density at radius 2 is 1.69 bits per heavy atom. The zero-order valence-corrected chi connectivity index (χ0v) is 19.2. The molecule has 32 heavy (non-hydrogen) atoms. The number of nitrogens with one attached hydrogen (secondary N) is 1. The highest BCUT2D eigenvalue weighted by atomic mass is 16.5. The van der Waals surface area contributed by atoms with Gasteiger partial charge in [0.25, 0.3) is 5.91 Å². The third-order valence-corrected chi connectivity index (χ3v) is 5.43. The Kier molecular flexibility index (Phi) is 5.74. The number of hydrogen-bond donors (Lipinski definition) is 1. The SMILES string of the molecule is Cc1cccc(C)c1OCC(=O)Nc1ccc2nc(-c3ccc(C(C)(C)C)cc3)oc2c1. The lowest BCUT2D eigenvalue weighted by Gasteiger charge is -2.18. The Hall–Kier alpha value is -3.60. The van der Waals surface area contributed by atoms with Gasteiger partial charge >= 0.3 is 0 Å². The molecule has 0 radical (unpaired) electrons. The summed E-state index contributed by atoms with van der Waals surface area (Å²) in [4.78, 5) is 17.0. The maximum atomic E-state index is 12.4. The lowest BCUT2D eigenvalue weighted by Crippen LogP contribution is -2.20. The molecular weight excluding hydrogens is 400 g/mol. The summed E-state index contributed by atoms with van der Waals surface area (Å²) < 4.78 is 11.7. The van der Waals surface area contributed by atoms with Crippen molar-refractivity contribution in [2.24, 2.45) is 0 Å². The minimum Gasteiger partial charge on any atom is -0.483 e. The number of amides is 1. The standard InChI is InChI=1S/C27H28N2O3/c1-17-7-6-8-18(2)25(17)31-16-24(30)28-21-13-14-22-23(15-21)32-26(29-22)19-9-11-20(12-10-19)27(3,4)5/h6-15H,16H2,1-5H3,(H,28,30). The number of carbonyl (C=O) groups is 1. The molecule has 5 heteroatoms. The van der Waals surface area contributed by atoms with Crippen LogP contribution in [0.15, 0.2) is 65.1 Å². The summed E-state index contributed by atoms with van der Waals surface area (Å²) in [6, 6.07) is 19.6. The highest BCUT2D eigenvalue weighted by Crippen LogP contribution is 2.29. The zero-order chi connectivity index (χ0) is 22.9. The molecule has 1 amide bonds. The summed E-state index contributed by atoms with van der Waals surface area (Å²) in [5.41, 5.74) is 6.27. The van der Waals surface area contributed by atoms with E-state index in [2.05, 4.69) is 43.2 Å². The summed E-state index contributed by atoms with van der Waals surface area (Å²) in [5, 5.41) is 2.86. The van der Waals surface area contributed by atoms with Gasteiger partial charge in [-0.05, 0) is 60.2 Å². The van der Waals surface area contributed by atoms with E-state index in [1.165, 1.54) is 5.56 Å². The van der Waals surface area contributed by atoms with E-state index in [-0.39, 0.29) is 17.9 Å². The maximum absolute atomic E-state index is 12.4. The number of fused-ring (bicyclic) bond motifs is 1. The molecule has 1 N–H and O–H groups in total. The second-order valence-corrected chi connectivity index (χ2v) is 9.09. The van der Waals surface area contributed by atoms with Crippen molar-refractivity contribution in [3.63, 3.8) is 0 Å². The van der Waals surface area contributed by atoms with E-state index < -0.39 is 0 Å². The summed E-state index contributed by atoms with van der Waals surface area (Å²) in [5.74, 6) is 1.07. The van der Waals surface area contributed by atoms with E-state index in [1.54, 1.807) is 6.07 Å². The monoisotopic (exact) mass is 428 g/mol. The number of anilines is 1.